The maximum absolute atomic E-state index is 10.8. The van der Waals surface area contributed by atoms with Gasteiger partial charge in [0.1, 0.15) is 22.3 Å². The highest BCUT2D eigenvalue weighted by molar-refractivity contribution is 7.01. The third-order valence-corrected chi connectivity index (χ3v) is 28.4. The number of hydrogen-bond donors (Lipinski definition) is 0. The smallest absolute Gasteiger partial charge is 0.252 e. The molecule has 0 radical (unpaired) electrons. The summed E-state index contributed by atoms with van der Waals surface area (Å²) in [5.74, 6) is 0. The van der Waals surface area contributed by atoms with Crippen molar-refractivity contribution in [3.63, 3.8) is 0 Å². The van der Waals surface area contributed by atoms with E-state index in [1.807, 2.05) is 141 Å². The maximum Gasteiger partial charge on any atom is 0.252 e. The van der Waals surface area contributed by atoms with Crippen molar-refractivity contribution in [2.45, 2.75) is 157 Å². The summed E-state index contributed by atoms with van der Waals surface area (Å²) >= 11 is 0. The van der Waals surface area contributed by atoms with Gasteiger partial charge in [0.2, 0.25) is 0 Å². The van der Waals surface area contributed by atoms with Gasteiger partial charge in [-0.1, -0.05) is 307 Å². The minimum atomic E-state index is -0.849. The zero-order valence-corrected chi connectivity index (χ0v) is 78.9. The van der Waals surface area contributed by atoms with Crippen molar-refractivity contribution in [3.05, 3.63) is 361 Å². The molecule has 25 rings (SSSR count). The zero-order valence-electron chi connectivity index (χ0n) is 90.9. The lowest BCUT2D eigenvalue weighted by Crippen LogP contribution is -2.61. The Kier molecular flexibility index (Phi) is 14.7. The van der Waals surface area contributed by atoms with Crippen molar-refractivity contribution in [1.82, 2.24) is 13.5 Å². The summed E-state index contributed by atoms with van der Waals surface area (Å²) in [6.07, 6.45) is 0. The Bertz CT molecular complexity index is 9020. The van der Waals surface area contributed by atoms with Crippen molar-refractivity contribution in [2.24, 2.45) is 0 Å². The van der Waals surface area contributed by atoms with E-state index in [1.165, 1.54) is 0 Å². The van der Waals surface area contributed by atoms with Crippen LogP contribution in [-0.4, -0.2) is 20.2 Å². The molecule has 0 saturated carbocycles. The second-order valence-corrected chi connectivity index (χ2v) is 43.4. The summed E-state index contributed by atoms with van der Waals surface area (Å²) in [5, 5.41) is 8.53. The van der Waals surface area contributed by atoms with Gasteiger partial charge in [0, 0.05) is 110 Å². The molecule has 652 valence electrons. The summed E-state index contributed by atoms with van der Waals surface area (Å²) < 4.78 is 147. The van der Waals surface area contributed by atoms with E-state index in [2.05, 4.69) is 262 Å². The van der Waals surface area contributed by atoms with Crippen LogP contribution in [0, 0.1) is 0 Å². The molecule has 0 aliphatic carbocycles. The summed E-state index contributed by atoms with van der Waals surface area (Å²) in [4.78, 5) is 5.04. The lowest BCUT2D eigenvalue weighted by atomic mass is 9.33. The van der Waals surface area contributed by atoms with Crippen LogP contribution in [-0.2, 0) is 32.5 Å². The van der Waals surface area contributed by atoms with Gasteiger partial charge >= 0.3 is 0 Å². The van der Waals surface area contributed by atoms with Crippen LogP contribution in [0.15, 0.2) is 336 Å². The molecular formula is C126H108BN5O2. The number of fused-ring (bicyclic) bond motifs is 24. The summed E-state index contributed by atoms with van der Waals surface area (Å²) in [7, 11) is 0. The SMILES string of the molecule is [2H]c1c(C(C)(C)C)c([2H])c2c3c([2H])c(C(C)(C)C)c([2H])c([2H])c3n(-c3ccc4c(c3)N(c3c(-c5ccccc5)cc(C(C)(C)C)cc3-c3ccc5c(c3)oc3ccccc35)c3c5c(c6c7ccccc7n7c8ccccc8c3c67)N(c3c(-c6ccccc6)cc(C(C)(C)C)cc3-c3ccc6c(c3)oc3ccccc36)c3cc(-n6c7c([2H])c([2H])c(C(C)(C)C)c([2H])c7c7c([2H])c(C(C)(C)C)c([2H])c([2H])c76)ccc3B45)c2c1[2H]. The number of hydrogen-bond acceptors (Lipinski definition) is 4. The van der Waals surface area contributed by atoms with Crippen LogP contribution in [0.5, 0.6) is 0 Å². The van der Waals surface area contributed by atoms with Gasteiger partial charge in [-0.3, -0.25) is 0 Å². The van der Waals surface area contributed by atoms with Crippen molar-refractivity contribution >= 4 is 183 Å². The highest BCUT2D eigenvalue weighted by Crippen LogP contribution is 2.61. The Morgan fingerprint density at radius 2 is 0.567 bits per heavy atom. The van der Waals surface area contributed by atoms with Crippen LogP contribution in [0.2, 0.25) is 0 Å². The molecule has 6 aromatic heterocycles. The molecule has 8 heterocycles. The van der Waals surface area contributed by atoms with Gasteiger partial charge in [0.25, 0.3) is 6.71 Å². The lowest BCUT2D eigenvalue weighted by molar-refractivity contribution is 0.590. The Labute approximate surface area is 800 Å². The van der Waals surface area contributed by atoms with Gasteiger partial charge < -0.3 is 32.2 Å². The fourth-order valence-corrected chi connectivity index (χ4v) is 21.5. The van der Waals surface area contributed by atoms with E-state index in [0.717, 1.165) is 166 Å². The highest BCUT2D eigenvalue weighted by atomic mass is 16.3. The Balaban J connectivity index is 0.942. The highest BCUT2D eigenvalue weighted by Gasteiger charge is 2.49. The van der Waals surface area contributed by atoms with Gasteiger partial charge in [-0.2, -0.15) is 0 Å². The second-order valence-electron chi connectivity index (χ2n) is 43.4. The fourth-order valence-electron chi connectivity index (χ4n) is 21.5. The van der Waals surface area contributed by atoms with Gasteiger partial charge in [-0.15, -0.1) is 0 Å². The van der Waals surface area contributed by atoms with Crippen molar-refractivity contribution in [3.8, 4) is 55.9 Å². The topological polar surface area (TPSA) is 47.0 Å². The third-order valence-electron chi connectivity index (χ3n) is 28.4. The van der Waals surface area contributed by atoms with E-state index >= 15 is 0 Å². The number of para-hydroxylation sites is 4. The minimum Gasteiger partial charge on any atom is -0.456 e. The first-order valence-corrected chi connectivity index (χ1v) is 46.9. The van der Waals surface area contributed by atoms with Gasteiger partial charge in [-0.05, 0) is 250 Å². The molecule has 0 saturated heterocycles. The number of furan rings is 2. The standard InChI is InChI=1S/C126H108BN5O2/c1-121(2,3)77-47-57-103-95(63-77)96-64-78(122(4,5)6)48-58-104(96)128(103)83-51-55-99-107(71-83)131(116-91(73-33-21-19-22-34-73)67-81(125(13,14)15)69-93(116)75-45-53-87-85-37-27-31-43-109(85)133-111(87)61-75)119-113-89-39-25-29-41-101(89)130-102-42-30-26-40-90(102)114(118(113)130)120-115(119)127(99)100-56-52-84(129-105-59-49-79(123(7,8)9)65-97(105)98-66-80(124(10,11)12)50-60-106(98)129)72-108(100)132(120)117-92(74-35-23-20-24-36-74)68-82(126(16,17)18)70-94(117)76-46-54-88-86-38-28-32-44-110(86)134-112(88)62-76/h19-72H,1-18H3/i47D,48D,49D,50D,57D,58D,59D,60D,63D,64D,65D,66D. The van der Waals surface area contributed by atoms with Crippen LogP contribution in [0.4, 0.5) is 34.1 Å². The predicted molar refractivity (Wildman–Crippen MR) is 572 cm³/mol. The normalized spacial score (nSPS) is 14.8. The molecule has 0 amide bonds. The second kappa shape index (κ2) is 28.5. The van der Waals surface area contributed by atoms with Gasteiger partial charge in [0.05, 0.1) is 77.8 Å². The van der Waals surface area contributed by atoms with Gasteiger partial charge in [-0.25, -0.2) is 0 Å². The molecule has 2 aliphatic rings. The summed E-state index contributed by atoms with van der Waals surface area (Å²) in [6, 6.07) is 88.9. The molecule has 0 fully saturated rings. The zero-order chi connectivity index (χ0) is 102. The molecule has 7 nitrogen and oxygen atoms in total. The van der Waals surface area contributed by atoms with E-state index in [-0.39, 0.29) is 116 Å². The maximum atomic E-state index is 10.8. The fraction of sp³-hybridized carbons (Fsp3) is 0.190. The van der Waals surface area contributed by atoms with Crippen LogP contribution < -0.4 is 26.2 Å². The first-order chi connectivity index (χ1) is 69.3. The summed E-state index contributed by atoms with van der Waals surface area (Å²) in [5.41, 5.74) is 20.0. The molecule has 23 aromatic rings. The van der Waals surface area contributed by atoms with Crippen molar-refractivity contribution < 1.29 is 25.3 Å². The number of rotatable bonds is 8. The number of benzene rings is 17. The molecule has 0 bridgehead atoms. The van der Waals surface area contributed by atoms with E-state index in [4.69, 9.17) is 8.83 Å². The molecular weight excluding hydrogens is 1630 g/mol. The minimum absolute atomic E-state index is 0.0320. The van der Waals surface area contributed by atoms with Gasteiger partial charge in [0.15, 0.2) is 0 Å². The van der Waals surface area contributed by atoms with E-state index in [1.54, 1.807) is 0 Å². The van der Waals surface area contributed by atoms with Crippen LogP contribution in [0.25, 0.3) is 181 Å². The Hall–Kier alpha value is -14.6. The average Bonchev–Trinajstić information content (AvgIpc) is 1.42. The number of aromatic nitrogens is 3. The largest absolute Gasteiger partial charge is 0.456 e. The first kappa shape index (κ1) is 69.3. The number of anilines is 6. The summed E-state index contributed by atoms with van der Waals surface area (Å²) in [6.45, 7) is 36.0. The lowest BCUT2D eigenvalue weighted by Gasteiger charge is -2.46. The van der Waals surface area contributed by atoms with E-state index < -0.39 is 39.2 Å². The van der Waals surface area contributed by atoms with Crippen molar-refractivity contribution in [1.29, 1.82) is 0 Å². The third kappa shape index (κ3) is 12.2. The average molecular weight is 1750 g/mol. The molecule has 8 heteroatoms. The number of nitrogens with zero attached hydrogens (tertiary/aromatic N) is 5. The monoisotopic (exact) mass is 1750 g/mol. The Morgan fingerprint density at radius 3 is 0.918 bits per heavy atom. The Morgan fingerprint density at radius 1 is 0.254 bits per heavy atom. The first-order valence-electron chi connectivity index (χ1n) is 52.9. The predicted octanol–water partition coefficient (Wildman–Crippen LogP) is 33.4. The van der Waals surface area contributed by atoms with Crippen LogP contribution >= 0.6 is 0 Å². The van der Waals surface area contributed by atoms with E-state index in [9.17, 15) is 16.4 Å². The quantitative estimate of drug-likeness (QED) is 0.142. The molecule has 0 unspecified atom stereocenters. The van der Waals surface area contributed by atoms with Crippen molar-refractivity contribution in [2.75, 3.05) is 9.80 Å². The molecule has 0 spiro atoms. The molecule has 134 heavy (non-hydrogen) atoms. The molecule has 0 N–H and O–H groups in total. The molecule has 2 aliphatic heterocycles. The van der Waals surface area contributed by atoms with Crippen LogP contribution in [0.3, 0.4) is 0 Å². The van der Waals surface area contributed by atoms with Crippen LogP contribution in [0.1, 0.15) is 174 Å². The van der Waals surface area contributed by atoms with E-state index in [0.29, 0.717) is 56.2 Å². The molecule has 0 atom stereocenters. The molecule has 17 aromatic carbocycles.